The molecule has 2 rings (SSSR count). The van der Waals surface area contributed by atoms with Crippen LogP contribution in [0.2, 0.25) is 0 Å². The van der Waals surface area contributed by atoms with Gasteiger partial charge in [0, 0.05) is 42.9 Å². The maximum Gasteiger partial charge on any atom is 0.305 e. The van der Waals surface area contributed by atoms with Crippen molar-refractivity contribution in [2.45, 2.75) is 59.5 Å². The standard InChI is InChI=1S/C26H32ClNO6/c1-7-16(2)13-17(3)10-11-19-14-20-21(15-28(19)12-8-9-22(30)33-6)24(31)26(5,34-18(4)29)25(32)23(20)27/h10-11,13-16H,7-9,12H2,1-6H3/t16-,26+/m0/s1. The average molecular weight is 490 g/mol. The number of esters is 2. The number of nitrogens with zero attached hydrogens (tertiary/aromatic N) is 1. The van der Waals surface area contributed by atoms with Gasteiger partial charge in [0.1, 0.15) is 0 Å². The van der Waals surface area contributed by atoms with E-state index in [0.717, 1.165) is 18.9 Å². The summed E-state index contributed by atoms with van der Waals surface area (Å²) in [6.45, 7) is 9.05. The first-order chi connectivity index (χ1) is 15.9. The van der Waals surface area contributed by atoms with E-state index >= 15 is 0 Å². The second-order valence-electron chi connectivity index (χ2n) is 8.63. The summed E-state index contributed by atoms with van der Waals surface area (Å²) in [5.74, 6) is -2.06. The lowest BCUT2D eigenvalue weighted by Gasteiger charge is -2.35. The van der Waals surface area contributed by atoms with Crippen LogP contribution in [0, 0.1) is 5.92 Å². The molecule has 0 fully saturated rings. The fourth-order valence-corrected chi connectivity index (χ4v) is 4.05. The molecule has 34 heavy (non-hydrogen) atoms. The predicted octanol–water partition coefficient (Wildman–Crippen LogP) is 4.54. The minimum Gasteiger partial charge on any atom is -0.469 e. The third kappa shape index (κ3) is 6.14. The van der Waals surface area contributed by atoms with E-state index in [2.05, 4.69) is 19.9 Å². The van der Waals surface area contributed by atoms with E-state index in [1.807, 2.05) is 24.0 Å². The lowest BCUT2D eigenvalue weighted by molar-refractivity contribution is -0.167. The van der Waals surface area contributed by atoms with Crippen LogP contribution in [-0.2, 0) is 28.7 Å². The molecule has 0 aromatic heterocycles. The third-order valence-corrected chi connectivity index (χ3v) is 6.19. The molecule has 8 heteroatoms. The van der Waals surface area contributed by atoms with Crippen molar-refractivity contribution in [2.24, 2.45) is 5.92 Å². The number of fused-ring (bicyclic) bond motifs is 1. The highest BCUT2D eigenvalue weighted by atomic mass is 35.5. The topological polar surface area (TPSA) is 90.0 Å². The number of halogens is 1. The number of hydrogen-bond acceptors (Lipinski definition) is 7. The van der Waals surface area contributed by atoms with Crippen molar-refractivity contribution in [1.29, 1.82) is 0 Å². The molecule has 0 saturated carbocycles. The Morgan fingerprint density at radius 2 is 1.91 bits per heavy atom. The fraction of sp³-hybridized carbons (Fsp3) is 0.462. The number of rotatable bonds is 9. The lowest BCUT2D eigenvalue weighted by atomic mass is 9.79. The van der Waals surface area contributed by atoms with Gasteiger partial charge in [-0.1, -0.05) is 49.6 Å². The van der Waals surface area contributed by atoms with Crippen LogP contribution in [0.3, 0.4) is 0 Å². The summed E-state index contributed by atoms with van der Waals surface area (Å²) in [6.07, 6.45) is 11.0. The molecule has 2 atom stereocenters. The lowest BCUT2D eigenvalue weighted by Crippen LogP contribution is -2.52. The van der Waals surface area contributed by atoms with Gasteiger partial charge in [-0.3, -0.25) is 19.2 Å². The van der Waals surface area contributed by atoms with Crippen molar-refractivity contribution >= 4 is 35.1 Å². The number of hydrogen-bond donors (Lipinski definition) is 0. The Kier molecular flexibility index (Phi) is 9.21. The Morgan fingerprint density at radius 1 is 1.24 bits per heavy atom. The van der Waals surface area contributed by atoms with Crippen LogP contribution >= 0.6 is 11.6 Å². The molecular weight excluding hydrogens is 458 g/mol. The molecule has 184 valence electrons. The molecule has 0 amide bonds. The molecule has 0 aromatic rings. The first-order valence-electron chi connectivity index (χ1n) is 11.3. The smallest absolute Gasteiger partial charge is 0.305 e. The second-order valence-corrected chi connectivity index (χ2v) is 9.01. The van der Waals surface area contributed by atoms with Gasteiger partial charge >= 0.3 is 11.9 Å². The maximum atomic E-state index is 13.3. The van der Waals surface area contributed by atoms with E-state index in [-0.39, 0.29) is 28.6 Å². The summed E-state index contributed by atoms with van der Waals surface area (Å²) in [6, 6.07) is 0. The molecule has 0 saturated heterocycles. The zero-order chi connectivity index (χ0) is 25.6. The van der Waals surface area contributed by atoms with Crippen LogP contribution in [0.25, 0.3) is 0 Å². The zero-order valence-corrected chi connectivity index (χ0v) is 21.3. The summed E-state index contributed by atoms with van der Waals surface area (Å²) < 4.78 is 9.83. The number of carbonyl (C=O) groups excluding carboxylic acids is 4. The first kappa shape index (κ1) is 27.3. The Hall–Kier alpha value is -2.93. The van der Waals surface area contributed by atoms with E-state index in [4.69, 9.17) is 21.1 Å². The van der Waals surface area contributed by atoms with Gasteiger partial charge in [0.2, 0.25) is 17.2 Å². The summed E-state index contributed by atoms with van der Waals surface area (Å²) in [7, 11) is 1.33. The number of ketones is 2. The molecule has 7 nitrogen and oxygen atoms in total. The number of carbonyl (C=O) groups is 4. The first-order valence-corrected chi connectivity index (χ1v) is 11.6. The average Bonchev–Trinajstić information content (AvgIpc) is 2.79. The van der Waals surface area contributed by atoms with E-state index in [1.165, 1.54) is 14.0 Å². The molecule has 0 aromatic carbocycles. The quantitative estimate of drug-likeness (QED) is 0.267. The summed E-state index contributed by atoms with van der Waals surface area (Å²) in [5, 5.41) is -0.165. The van der Waals surface area contributed by atoms with Gasteiger partial charge in [0.05, 0.1) is 12.1 Å². The van der Waals surface area contributed by atoms with Crippen LogP contribution in [0.1, 0.15) is 53.9 Å². The van der Waals surface area contributed by atoms with Crippen LogP contribution in [0.4, 0.5) is 0 Å². The van der Waals surface area contributed by atoms with Gasteiger partial charge in [-0.15, -0.1) is 0 Å². The monoisotopic (exact) mass is 489 g/mol. The summed E-state index contributed by atoms with van der Waals surface area (Å²) in [4.78, 5) is 51.1. The van der Waals surface area contributed by atoms with Crippen molar-refractivity contribution in [2.75, 3.05) is 13.7 Å². The van der Waals surface area contributed by atoms with Crippen molar-refractivity contribution in [3.8, 4) is 0 Å². The zero-order valence-electron chi connectivity index (χ0n) is 20.6. The summed E-state index contributed by atoms with van der Waals surface area (Å²) >= 11 is 6.39. The molecule has 0 radical (unpaired) electrons. The van der Waals surface area contributed by atoms with E-state index < -0.39 is 23.1 Å². The molecular formula is C26H32ClNO6. The number of allylic oxidation sites excluding steroid dienone is 6. The normalized spacial score (nSPS) is 21.9. The van der Waals surface area contributed by atoms with E-state index in [1.54, 1.807) is 12.3 Å². The number of Topliss-reactive ketones (excluding diaryl/α,β-unsaturated/α-hetero) is 2. The predicted molar refractivity (Wildman–Crippen MR) is 130 cm³/mol. The highest BCUT2D eigenvalue weighted by Crippen LogP contribution is 2.39. The maximum absolute atomic E-state index is 13.3. The third-order valence-electron chi connectivity index (χ3n) is 5.81. The Bertz CT molecular complexity index is 1030. The molecule has 0 N–H and O–H groups in total. The van der Waals surface area contributed by atoms with Gasteiger partial charge in [-0.25, -0.2) is 0 Å². The van der Waals surface area contributed by atoms with Crippen LogP contribution in [0.5, 0.6) is 0 Å². The molecule has 2 aliphatic rings. The van der Waals surface area contributed by atoms with E-state index in [9.17, 15) is 19.2 Å². The molecule has 0 spiro atoms. The molecule has 1 aliphatic heterocycles. The summed E-state index contributed by atoms with van der Waals surface area (Å²) in [5.41, 5.74) is 0.213. The Balaban J connectivity index is 2.50. The van der Waals surface area contributed by atoms with Crippen LogP contribution < -0.4 is 0 Å². The molecule has 0 bridgehead atoms. The minimum atomic E-state index is -2.02. The van der Waals surface area contributed by atoms with Gasteiger partial charge in [-0.2, -0.15) is 0 Å². The SMILES string of the molecule is CC[C@H](C)C=C(C)C=CC1=CC2=C(Cl)C(=O)[C@](C)(OC(C)=O)C(=O)C2=CN1CCCC(=O)OC. The van der Waals surface area contributed by atoms with Crippen molar-refractivity contribution < 1.29 is 28.7 Å². The van der Waals surface area contributed by atoms with Crippen LogP contribution in [0.15, 0.2) is 58.0 Å². The number of methoxy groups -OCH3 is 1. The van der Waals surface area contributed by atoms with Crippen molar-refractivity contribution in [1.82, 2.24) is 4.90 Å². The number of ether oxygens (including phenoxy) is 2. The van der Waals surface area contributed by atoms with Crippen molar-refractivity contribution in [3.05, 3.63) is 58.0 Å². The molecule has 1 aliphatic carbocycles. The van der Waals surface area contributed by atoms with E-state index in [0.29, 0.717) is 24.6 Å². The second kappa shape index (κ2) is 11.5. The Labute approximate surface area is 205 Å². The largest absolute Gasteiger partial charge is 0.469 e. The van der Waals surface area contributed by atoms with Crippen LogP contribution in [-0.4, -0.2) is 47.7 Å². The highest BCUT2D eigenvalue weighted by Gasteiger charge is 2.52. The highest BCUT2D eigenvalue weighted by molar-refractivity contribution is 6.49. The Morgan fingerprint density at radius 3 is 2.50 bits per heavy atom. The molecule has 0 unspecified atom stereocenters. The van der Waals surface area contributed by atoms with Gasteiger partial charge in [-0.05, 0) is 38.3 Å². The minimum absolute atomic E-state index is 0.165. The fourth-order valence-electron chi connectivity index (χ4n) is 3.72. The van der Waals surface area contributed by atoms with Gasteiger partial charge < -0.3 is 14.4 Å². The molecule has 1 heterocycles. The van der Waals surface area contributed by atoms with Gasteiger partial charge in [0.25, 0.3) is 0 Å². The van der Waals surface area contributed by atoms with Gasteiger partial charge in [0.15, 0.2) is 0 Å². The van der Waals surface area contributed by atoms with Crippen molar-refractivity contribution in [3.63, 3.8) is 0 Å².